The summed E-state index contributed by atoms with van der Waals surface area (Å²) < 4.78 is 13.4. The van der Waals surface area contributed by atoms with Crippen LogP contribution in [0.3, 0.4) is 0 Å². The minimum Gasteiger partial charge on any atom is -0.334 e. The summed E-state index contributed by atoms with van der Waals surface area (Å²) in [5.41, 5.74) is 0.197. The fourth-order valence-corrected chi connectivity index (χ4v) is 1.72. The van der Waals surface area contributed by atoms with E-state index in [1.165, 1.54) is 24.3 Å². The molecule has 0 fully saturated rings. The fourth-order valence-electron chi connectivity index (χ4n) is 1.72. The fraction of sp³-hybridized carbons (Fsp3) is 0.0714. The maximum Gasteiger partial charge on any atom is 0.319 e. The summed E-state index contributed by atoms with van der Waals surface area (Å²) in [5, 5.41) is 15.6. The molecule has 0 radical (unpaired) electrons. The number of nitrogens with one attached hydrogen (secondary N) is 2. The maximum absolute atomic E-state index is 13.4. The van der Waals surface area contributed by atoms with E-state index in [2.05, 4.69) is 10.6 Å². The van der Waals surface area contributed by atoms with Gasteiger partial charge < -0.3 is 10.6 Å². The van der Waals surface area contributed by atoms with Crippen molar-refractivity contribution in [2.24, 2.45) is 0 Å². The molecule has 0 aliphatic heterocycles. The summed E-state index contributed by atoms with van der Waals surface area (Å²) in [6, 6.07) is 11.2. The molecule has 0 bridgehead atoms. The molecule has 6 nitrogen and oxygen atoms in total. The zero-order valence-electron chi connectivity index (χ0n) is 10.9. The van der Waals surface area contributed by atoms with Gasteiger partial charge in [0, 0.05) is 18.2 Å². The second-order valence-electron chi connectivity index (χ2n) is 4.17. The van der Waals surface area contributed by atoms with Gasteiger partial charge in [-0.05, 0) is 12.1 Å². The lowest BCUT2D eigenvalue weighted by Crippen LogP contribution is -2.28. The number of anilines is 1. The van der Waals surface area contributed by atoms with Crippen molar-refractivity contribution in [1.82, 2.24) is 5.32 Å². The highest BCUT2D eigenvalue weighted by atomic mass is 19.1. The lowest BCUT2D eigenvalue weighted by molar-refractivity contribution is -0.383. The Morgan fingerprint density at radius 1 is 1.14 bits per heavy atom. The number of nitrogens with zero attached hydrogens (tertiary/aromatic N) is 1. The van der Waals surface area contributed by atoms with Gasteiger partial charge in [0.25, 0.3) is 5.69 Å². The first-order valence-corrected chi connectivity index (χ1v) is 6.09. The second-order valence-corrected chi connectivity index (χ2v) is 4.17. The molecule has 2 aromatic rings. The number of hydrogen-bond acceptors (Lipinski definition) is 3. The molecule has 0 heterocycles. The molecule has 0 aromatic heterocycles. The van der Waals surface area contributed by atoms with Crippen molar-refractivity contribution in [2.75, 3.05) is 5.32 Å². The van der Waals surface area contributed by atoms with Crippen molar-refractivity contribution >= 4 is 17.4 Å². The van der Waals surface area contributed by atoms with Crippen LogP contribution in [0.5, 0.6) is 0 Å². The molecule has 2 rings (SSSR count). The first kappa shape index (κ1) is 14.4. The van der Waals surface area contributed by atoms with Crippen molar-refractivity contribution < 1.29 is 14.1 Å². The molecule has 0 saturated carbocycles. The number of amides is 2. The number of nitro benzene ring substituents is 1. The zero-order valence-corrected chi connectivity index (χ0v) is 10.9. The number of nitro groups is 1. The average Bonchev–Trinajstić information content (AvgIpc) is 2.47. The Morgan fingerprint density at radius 2 is 1.81 bits per heavy atom. The van der Waals surface area contributed by atoms with Gasteiger partial charge in [0.05, 0.1) is 4.92 Å². The van der Waals surface area contributed by atoms with Crippen molar-refractivity contribution in [3.8, 4) is 0 Å². The maximum atomic E-state index is 13.4. The molecule has 0 aliphatic rings. The Kier molecular flexibility index (Phi) is 4.45. The predicted molar refractivity (Wildman–Crippen MR) is 75.4 cm³/mol. The predicted octanol–water partition coefficient (Wildman–Crippen LogP) is 3.06. The Labute approximate surface area is 119 Å². The van der Waals surface area contributed by atoms with Gasteiger partial charge in [0.15, 0.2) is 0 Å². The molecular weight excluding hydrogens is 277 g/mol. The molecule has 2 N–H and O–H groups in total. The van der Waals surface area contributed by atoms with Crippen LogP contribution in [-0.4, -0.2) is 11.0 Å². The van der Waals surface area contributed by atoms with Crippen LogP contribution in [0.2, 0.25) is 0 Å². The third-order valence-electron chi connectivity index (χ3n) is 2.75. The number of benzene rings is 2. The molecular formula is C14H12FN3O3. The molecule has 7 heteroatoms. The minimum atomic E-state index is -0.646. The Hall–Kier alpha value is -2.96. The van der Waals surface area contributed by atoms with Crippen LogP contribution in [0.25, 0.3) is 0 Å². The van der Waals surface area contributed by atoms with Crippen molar-refractivity contribution in [3.63, 3.8) is 0 Å². The molecule has 108 valence electrons. The van der Waals surface area contributed by atoms with Crippen LogP contribution in [0.1, 0.15) is 5.56 Å². The van der Waals surface area contributed by atoms with Gasteiger partial charge in [0.1, 0.15) is 11.5 Å². The number of carbonyl (C=O) groups excluding carboxylic acids is 1. The van der Waals surface area contributed by atoms with E-state index in [-0.39, 0.29) is 17.9 Å². The first-order valence-electron chi connectivity index (χ1n) is 6.09. The second kappa shape index (κ2) is 6.47. The Morgan fingerprint density at radius 3 is 2.52 bits per heavy atom. The summed E-state index contributed by atoms with van der Waals surface area (Å²) in [5.74, 6) is -0.427. The lowest BCUT2D eigenvalue weighted by Gasteiger charge is -2.08. The van der Waals surface area contributed by atoms with Gasteiger partial charge in [-0.25, -0.2) is 9.18 Å². The normalized spacial score (nSPS) is 9.95. The number of carbonyl (C=O) groups is 1. The van der Waals surface area contributed by atoms with E-state index in [9.17, 15) is 19.3 Å². The van der Waals surface area contributed by atoms with Gasteiger partial charge in [-0.1, -0.05) is 30.3 Å². The molecule has 21 heavy (non-hydrogen) atoms. The number of hydrogen-bond donors (Lipinski definition) is 2. The quantitative estimate of drug-likeness (QED) is 0.670. The monoisotopic (exact) mass is 289 g/mol. The van der Waals surface area contributed by atoms with Gasteiger partial charge in [-0.15, -0.1) is 0 Å². The van der Waals surface area contributed by atoms with E-state index < -0.39 is 16.8 Å². The van der Waals surface area contributed by atoms with Gasteiger partial charge in [-0.2, -0.15) is 0 Å². The topological polar surface area (TPSA) is 84.3 Å². The van der Waals surface area contributed by atoms with Crippen molar-refractivity contribution in [1.29, 1.82) is 0 Å². The van der Waals surface area contributed by atoms with Crippen LogP contribution in [-0.2, 0) is 6.54 Å². The van der Waals surface area contributed by atoms with E-state index in [1.54, 1.807) is 24.3 Å². The highest BCUT2D eigenvalue weighted by molar-refractivity contribution is 5.91. The van der Waals surface area contributed by atoms with E-state index in [0.29, 0.717) is 5.56 Å². The van der Waals surface area contributed by atoms with Crippen LogP contribution in [0.4, 0.5) is 20.6 Å². The van der Waals surface area contributed by atoms with Gasteiger partial charge in [0.2, 0.25) is 0 Å². The minimum absolute atomic E-state index is 0.0147. The number of halogens is 1. The van der Waals surface area contributed by atoms with Gasteiger partial charge >= 0.3 is 6.03 Å². The summed E-state index contributed by atoms with van der Waals surface area (Å²) in [6.45, 7) is -0.0147. The van der Waals surface area contributed by atoms with E-state index in [1.807, 2.05) is 0 Å². The number of rotatable bonds is 4. The third kappa shape index (κ3) is 3.75. The Bertz CT molecular complexity index is 676. The van der Waals surface area contributed by atoms with Crippen molar-refractivity contribution in [3.05, 3.63) is 70.0 Å². The Balaban J connectivity index is 2.00. The van der Waals surface area contributed by atoms with Crippen molar-refractivity contribution in [2.45, 2.75) is 6.54 Å². The molecule has 2 amide bonds. The first-order chi connectivity index (χ1) is 10.1. The summed E-state index contributed by atoms with van der Waals surface area (Å²) >= 11 is 0. The van der Waals surface area contributed by atoms with Crippen LogP contribution >= 0.6 is 0 Å². The summed E-state index contributed by atoms with van der Waals surface area (Å²) in [6.07, 6.45) is 0. The summed E-state index contributed by atoms with van der Waals surface area (Å²) in [7, 11) is 0. The van der Waals surface area contributed by atoms with Crippen LogP contribution in [0.15, 0.2) is 48.5 Å². The molecule has 0 spiro atoms. The molecule has 2 aromatic carbocycles. The molecule has 0 saturated heterocycles. The smallest absolute Gasteiger partial charge is 0.319 e. The van der Waals surface area contributed by atoms with Gasteiger partial charge in [-0.3, -0.25) is 10.1 Å². The van der Waals surface area contributed by atoms with E-state index in [0.717, 1.165) is 0 Å². The third-order valence-corrected chi connectivity index (χ3v) is 2.75. The van der Waals surface area contributed by atoms with Crippen LogP contribution < -0.4 is 10.6 Å². The van der Waals surface area contributed by atoms with E-state index in [4.69, 9.17) is 0 Å². The molecule has 0 unspecified atom stereocenters. The zero-order chi connectivity index (χ0) is 15.2. The number of urea groups is 1. The SMILES string of the molecule is O=C(NCc1ccccc1F)Nc1ccccc1[N+](=O)[O-]. The standard InChI is InChI=1S/C14H12FN3O3/c15-11-6-2-1-5-10(11)9-16-14(19)17-12-7-3-4-8-13(12)18(20)21/h1-8H,9H2,(H2,16,17,19). The van der Waals surface area contributed by atoms with E-state index >= 15 is 0 Å². The number of para-hydroxylation sites is 2. The molecule has 0 atom stereocenters. The van der Waals surface area contributed by atoms with Crippen LogP contribution in [0, 0.1) is 15.9 Å². The highest BCUT2D eigenvalue weighted by Crippen LogP contribution is 2.22. The largest absolute Gasteiger partial charge is 0.334 e. The highest BCUT2D eigenvalue weighted by Gasteiger charge is 2.14. The summed E-state index contributed by atoms with van der Waals surface area (Å²) in [4.78, 5) is 21.9. The lowest BCUT2D eigenvalue weighted by atomic mass is 10.2. The molecule has 0 aliphatic carbocycles. The average molecular weight is 289 g/mol.